The number of nitrogens with zero attached hydrogens (tertiary/aromatic N) is 2. The Kier molecular flexibility index (Phi) is 5.43. The van der Waals surface area contributed by atoms with Gasteiger partial charge in [0.1, 0.15) is 5.82 Å². The first-order valence-electron chi connectivity index (χ1n) is 8.76. The maximum Gasteiger partial charge on any atom is 0.254 e. The van der Waals surface area contributed by atoms with E-state index in [0.29, 0.717) is 11.6 Å². The van der Waals surface area contributed by atoms with E-state index in [-0.39, 0.29) is 17.5 Å². The normalized spacial score (nSPS) is 17.2. The predicted molar refractivity (Wildman–Crippen MR) is 95.9 cm³/mol. The van der Waals surface area contributed by atoms with Gasteiger partial charge in [0.05, 0.1) is 5.56 Å². The van der Waals surface area contributed by atoms with Crippen LogP contribution in [0.2, 0.25) is 0 Å². The fraction of sp³-hybridized carbons (Fsp3) is 0.400. The van der Waals surface area contributed by atoms with E-state index in [1.807, 2.05) is 24.5 Å². The number of piperidine rings is 1. The number of hydrogen-bond donors (Lipinski definition) is 1. The van der Waals surface area contributed by atoms with Gasteiger partial charge in [-0.25, -0.2) is 4.39 Å². The molecule has 1 aliphatic rings. The van der Waals surface area contributed by atoms with Crippen LogP contribution in [-0.2, 0) is 0 Å². The van der Waals surface area contributed by atoms with Crippen LogP contribution in [0.25, 0.3) is 0 Å². The molecule has 1 aliphatic heterocycles. The van der Waals surface area contributed by atoms with E-state index in [4.69, 9.17) is 0 Å². The molecule has 1 amide bonds. The first kappa shape index (κ1) is 17.5. The van der Waals surface area contributed by atoms with Crippen molar-refractivity contribution in [3.8, 4) is 0 Å². The molecule has 1 atom stereocenters. The molecule has 1 saturated heterocycles. The fourth-order valence-corrected chi connectivity index (χ4v) is 3.37. The van der Waals surface area contributed by atoms with Gasteiger partial charge in [0.15, 0.2) is 0 Å². The van der Waals surface area contributed by atoms with Gasteiger partial charge in [0.25, 0.3) is 5.91 Å². The Balaban J connectivity index is 1.56. The highest BCUT2D eigenvalue weighted by molar-refractivity contribution is 5.94. The molecule has 0 radical (unpaired) electrons. The fourth-order valence-electron chi connectivity index (χ4n) is 3.37. The van der Waals surface area contributed by atoms with Gasteiger partial charge in [0, 0.05) is 37.6 Å². The van der Waals surface area contributed by atoms with Crippen LogP contribution >= 0.6 is 0 Å². The van der Waals surface area contributed by atoms with Gasteiger partial charge in [-0.05, 0) is 56.0 Å². The number of likely N-dealkylation sites (tertiary alicyclic amines) is 1. The lowest BCUT2D eigenvalue weighted by Gasteiger charge is -2.36. The van der Waals surface area contributed by atoms with E-state index in [2.05, 4.69) is 22.1 Å². The molecule has 4 nitrogen and oxygen atoms in total. The molecule has 0 aliphatic carbocycles. The minimum atomic E-state index is -0.427. The van der Waals surface area contributed by atoms with Crippen molar-refractivity contribution >= 4 is 5.91 Å². The maximum atomic E-state index is 14.1. The summed E-state index contributed by atoms with van der Waals surface area (Å²) in [6.07, 6.45) is 5.37. The molecule has 1 aromatic heterocycles. The van der Waals surface area contributed by atoms with Crippen molar-refractivity contribution in [3.63, 3.8) is 0 Å². The molecule has 2 heterocycles. The van der Waals surface area contributed by atoms with E-state index < -0.39 is 5.82 Å². The maximum absolute atomic E-state index is 14.1. The topological polar surface area (TPSA) is 45.2 Å². The van der Waals surface area contributed by atoms with Crippen molar-refractivity contribution in [3.05, 3.63) is 65.2 Å². The van der Waals surface area contributed by atoms with Crippen LogP contribution in [0.3, 0.4) is 0 Å². The third-order valence-electron chi connectivity index (χ3n) is 5.04. The highest BCUT2D eigenvalue weighted by Gasteiger charge is 2.25. The molecule has 0 unspecified atom stereocenters. The molecule has 0 bridgehead atoms. The van der Waals surface area contributed by atoms with Gasteiger partial charge in [-0.3, -0.25) is 14.7 Å². The zero-order chi connectivity index (χ0) is 17.8. The molecule has 1 aromatic carbocycles. The standard InChI is InChI=1S/C20H24FN3O/c1-14-4-3-5-18(19(14)21)20(25)23-17-8-12-24(13-9-17)15(2)16-6-10-22-11-7-16/h3-7,10-11,15,17H,8-9,12-13H2,1-2H3,(H,23,25)/t15-/m1/s1. The Morgan fingerprint density at radius 1 is 1.24 bits per heavy atom. The summed E-state index contributed by atoms with van der Waals surface area (Å²) >= 11 is 0. The van der Waals surface area contributed by atoms with Gasteiger partial charge in [-0.2, -0.15) is 0 Å². The summed E-state index contributed by atoms with van der Waals surface area (Å²) in [5.74, 6) is -0.745. The largest absolute Gasteiger partial charge is 0.349 e. The van der Waals surface area contributed by atoms with Crippen molar-refractivity contribution in [2.45, 2.75) is 38.8 Å². The number of benzene rings is 1. The molecule has 25 heavy (non-hydrogen) atoms. The minimum Gasteiger partial charge on any atom is -0.349 e. The van der Waals surface area contributed by atoms with Crippen molar-refractivity contribution in [1.82, 2.24) is 15.2 Å². The number of pyridine rings is 1. The van der Waals surface area contributed by atoms with Crippen LogP contribution in [0.5, 0.6) is 0 Å². The summed E-state index contributed by atoms with van der Waals surface area (Å²) in [5, 5.41) is 2.99. The van der Waals surface area contributed by atoms with Gasteiger partial charge in [-0.15, -0.1) is 0 Å². The van der Waals surface area contributed by atoms with Gasteiger partial charge >= 0.3 is 0 Å². The van der Waals surface area contributed by atoms with Crippen molar-refractivity contribution in [2.75, 3.05) is 13.1 Å². The molecular formula is C20H24FN3O. The third kappa shape index (κ3) is 4.04. The average Bonchev–Trinajstić information content (AvgIpc) is 2.64. The summed E-state index contributed by atoms with van der Waals surface area (Å²) < 4.78 is 14.1. The molecule has 132 valence electrons. The summed E-state index contributed by atoms with van der Waals surface area (Å²) in [6, 6.07) is 9.43. The van der Waals surface area contributed by atoms with Gasteiger partial charge < -0.3 is 5.32 Å². The Morgan fingerprint density at radius 3 is 2.60 bits per heavy atom. The first-order valence-corrected chi connectivity index (χ1v) is 8.76. The predicted octanol–water partition coefficient (Wildman–Crippen LogP) is 3.48. The number of aryl methyl sites for hydroxylation is 1. The number of carbonyl (C=O) groups excluding carboxylic acids is 1. The quantitative estimate of drug-likeness (QED) is 0.926. The smallest absolute Gasteiger partial charge is 0.254 e. The highest BCUT2D eigenvalue weighted by Crippen LogP contribution is 2.24. The number of aromatic nitrogens is 1. The van der Waals surface area contributed by atoms with Crippen molar-refractivity contribution < 1.29 is 9.18 Å². The van der Waals surface area contributed by atoms with Crippen molar-refractivity contribution in [1.29, 1.82) is 0 Å². The Bertz CT molecular complexity index is 727. The Morgan fingerprint density at radius 2 is 1.92 bits per heavy atom. The second-order valence-corrected chi connectivity index (χ2v) is 6.68. The number of amides is 1. The van der Waals surface area contributed by atoms with Gasteiger partial charge in [-0.1, -0.05) is 12.1 Å². The number of rotatable bonds is 4. The molecular weight excluding hydrogens is 317 g/mol. The SMILES string of the molecule is Cc1cccc(C(=O)NC2CCN([C@H](C)c3ccncc3)CC2)c1F. The molecule has 3 rings (SSSR count). The van der Waals surface area contributed by atoms with E-state index in [9.17, 15) is 9.18 Å². The molecule has 5 heteroatoms. The lowest BCUT2D eigenvalue weighted by atomic mass is 10.00. The average molecular weight is 341 g/mol. The van der Waals surface area contributed by atoms with Crippen LogP contribution in [-0.4, -0.2) is 34.9 Å². The second-order valence-electron chi connectivity index (χ2n) is 6.68. The van der Waals surface area contributed by atoms with Crippen LogP contribution < -0.4 is 5.32 Å². The summed E-state index contributed by atoms with van der Waals surface area (Å²) in [5.41, 5.74) is 1.88. The lowest BCUT2D eigenvalue weighted by Crippen LogP contribution is -2.45. The number of carbonyl (C=O) groups is 1. The Hall–Kier alpha value is -2.27. The molecule has 1 fully saturated rings. The Labute approximate surface area is 148 Å². The van der Waals surface area contributed by atoms with Crippen LogP contribution in [0.1, 0.15) is 47.3 Å². The number of nitrogens with one attached hydrogen (secondary N) is 1. The molecule has 1 N–H and O–H groups in total. The van der Waals surface area contributed by atoms with Crippen LogP contribution in [0.4, 0.5) is 4.39 Å². The zero-order valence-electron chi connectivity index (χ0n) is 14.7. The van der Waals surface area contributed by atoms with Crippen LogP contribution in [0, 0.1) is 12.7 Å². The van der Waals surface area contributed by atoms with E-state index in [1.54, 1.807) is 19.1 Å². The second kappa shape index (κ2) is 7.74. The van der Waals surface area contributed by atoms with Crippen LogP contribution in [0.15, 0.2) is 42.7 Å². The van der Waals surface area contributed by atoms with E-state index in [1.165, 1.54) is 11.6 Å². The zero-order valence-corrected chi connectivity index (χ0v) is 14.7. The minimum absolute atomic E-state index is 0.0910. The van der Waals surface area contributed by atoms with Gasteiger partial charge in [0.2, 0.25) is 0 Å². The number of halogens is 1. The summed E-state index contributed by atoms with van der Waals surface area (Å²) in [6.45, 7) is 5.68. The van der Waals surface area contributed by atoms with E-state index >= 15 is 0 Å². The highest BCUT2D eigenvalue weighted by atomic mass is 19.1. The molecule has 2 aromatic rings. The summed E-state index contributed by atoms with van der Waals surface area (Å²) in [4.78, 5) is 18.8. The van der Waals surface area contributed by atoms with E-state index in [0.717, 1.165) is 25.9 Å². The lowest BCUT2D eigenvalue weighted by molar-refractivity contribution is 0.0892. The van der Waals surface area contributed by atoms with Crippen molar-refractivity contribution in [2.24, 2.45) is 0 Å². The molecule has 0 spiro atoms. The third-order valence-corrected chi connectivity index (χ3v) is 5.04. The molecule has 0 saturated carbocycles. The number of hydrogen-bond acceptors (Lipinski definition) is 3. The first-order chi connectivity index (χ1) is 12.1. The summed E-state index contributed by atoms with van der Waals surface area (Å²) in [7, 11) is 0. The monoisotopic (exact) mass is 341 g/mol.